The normalized spacial score (nSPS) is 13.5. The van der Waals surface area contributed by atoms with Gasteiger partial charge in [-0.2, -0.15) is 11.3 Å². The van der Waals surface area contributed by atoms with Crippen molar-refractivity contribution in [3.63, 3.8) is 0 Å². The Labute approximate surface area is 126 Å². The number of nitrogen functional groups attached to an aromatic ring is 1. The lowest BCUT2D eigenvalue weighted by molar-refractivity contribution is -0.115. The average Bonchev–Trinajstić information content (AvgIpc) is 2.85. The Balaban J connectivity index is 1.75. The van der Waals surface area contributed by atoms with Crippen molar-refractivity contribution in [3.05, 3.63) is 34.5 Å². The Bertz CT molecular complexity index is 641. The average molecular weight is 304 g/mol. The van der Waals surface area contributed by atoms with Crippen LogP contribution >= 0.6 is 11.3 Å². The van der Waals surface area contributed by atoms with E-state index in [4.69, 9.17) is 15.2 Å². The van der Waals surface area contributed by atoms with Gasteiger partial charge in [-0.25, -0.2) is 0 Å². The largest absolute Gasteiger partial charge is 0.489 e. The number of carbonyl (C=O) groups excluding carboxylic acids is 1. The molecule has 2 aromatic rings. The van der Waals surface area contributed by atoms with Gasteiger partial charge in [0.2, 0.25) is 5.91 Å². The van der Waals surface area contributed by atoms with Crippen molar-refractivity contribution in [2.75, 3.05) is 24.3 Å². The maximum atomic E-state index is 12.0. The van der Waals surface area contributed by atoms with Crippen LogP contribution in [0.2, 0.25) is 0 Å². The number of hydrogen-bond donors (Lipinski definition) is 2. The minimum atomic E-state index is -0.102. The third kappa shape index (κ3) is 3.28. The van der Waals surface area contributed by atoms with Crippen LogP contribution in [0.4, 0.5) is 11.4 Å². The van der Waals surface area contributed by atoms with Crippen molar-refractivity contribution in [1.82, 2.24) is 0 Å². The molecule has 0 bridgehead atoms. The van der Waals surface area contributed by atoms with Gasteiger partial charge in [-0.15, -0.1) is 0 Å². The van der Waals surface area contributed by atoms with Crippen LogP contribution in [0.1, 0.15) is 12.0 Å². The summed E-state index contributed by atoms with van der Waals surface area (Å²) in [4.78, 5) is 12.0. The van der Waals surface area contributed by atoms with Crippen molar-refractivity contribution in [2.45, 2.75) is 12.8 Å². The van der Waals surface area contributed by atoms with Gasteiger partial charge in [0.1, 0.15) is 0 Å². The van der Waals surface area contributed by atoms with Crippen molar-refractivity contribution in [2.24, 2.45) is 0 Å². The number of anilines is 2. The van der Waals surface area contributed by atoms with Crippen LogP contribution in [0.5, 0.6) is 11.5 Å². The molecule has 0 radical (unpaired) electrons. The third-order valence-corrected chi connectivity index (χ3v) is 3.87. The molecule has 1 aliphatic heterocycles. The second-order valence-electron chi connectivity index (χ2n) is 4.79. The summed E-state index contributed by atoms with van der Waals surface area (Å²) in [5, 5.41) is 6.73. The molecule has 21 heavy (non-hydrogen) atoms. The molecule has 0 atom stereocenters. The third-order valence-electron chi connectivity index (χ3n) is 3.14. The SMILES string of the molecule is Nc1cc2c(cc1NC(=O)Cc1ccsc1)OCCCO2. The molecule has 0 fully saturated rings. The maximum Gasteiger partial charge on any atom is 0.228 e. The fourth-order valence-electron chi connectivity index (χ4n) is 2.11. The van der Waals surface area contributed by atoms with E-state index in [0.717, 1.165) is 12.0 Å². The fraction of sp³-hybridized carbons (Fsp3) is 0.267. The van der Waals surface area contributed by atoms with Gasteiger partial charge in [-0.1, -0.05) is 0 Å². The van der Waals surface area contributed by atoms with Crippen molar-refractivity contribution in [3.8, 4) is 11.5 Å². The zero-order valence-electron chi connectivity index (χ0n) is 11.4. The predicted octanol–water partition coefficient (Wildman–Crippen LogP) is 2.67. The van der Waals surface area contributed by atoms with Crippen molar-refractivity contribution >= 4 is 28.6 Å². The molecule has 3 rings (SSSR count). The number of nitrogens with one attached hydrogen (secondary N) is 1. The van der Waals surface area contributed by atoms with Gasteiger partial charge in [-0.3, -0.25) is 4.79 Å². The number of rotatable bonds is 3. The lowest BCUT2D eigenvalue weighted by atomic mass is 10.2. The Hall–Kier alpha value is -2.21. The monoisotopic (exact) mass is 304 g/mol. The molecule has 1 aliphatic rings. The van der Waals surface area contributed by atoms with Gasteiger partial charge in [-0.05, 0) is 22.4 Å². The first kappa shape index (κ1) is 13.8. The summed E-state index contributed by atoms with van der Waals surface area (Å²) in [5.41, 5.74) is 7.99. The number of fused-ring (bicyclic) bond motifs is 1. The first-order valence-electron chi connectivity index (χ1n) is 6.72. The smallest absolute Gasteiger partial charge is 0.228 e. The molecule has 3 N–H and O–H groups in total. The lowest BCUT2D eigenvalue weighted by Crippen LogP contribution is -2.15. The minimum Gasteiger partial charge on any atom is -0.489 e. The summed E-state index contributed by atoms with van der Waals surface area (Å²) in [7, 11) is 0. The molecular formula is C15H16N2O3S. The quantitative estimate of drug-likeness (QED) is 0.855. The number of nitrogens with two attached hydrogens (primary N) is 1. The molecule has 1 aromatic heterocycles. The molecule has 0 saturated carbocycles. The summed E-state index contributed by atoms with van der Waals surface area (Å²) >= 11 is 1.57. The van der Waals surface area contributed by atoms with E-state index in [0.29, 0.717) is 42.5 Å². The Morgan fingerprint density at radius 1 is 1.29 bits per heavy atom. The highest BCUT2D eigenvalue weighted by atomic mass is 32.1. The van der Waals surface area contributed by atoms with E-state index >= 15 is 0 Å². The van der Waals surface area contributed by atoms with E-state index in [1.807, 2.05) is 16.8 Å². The summed E-state index contributed by atoms with van der Waals surface area (Å²) in [6.07, 6.45) is 1.16. The molecule has 2 heterocycles. The van der Waals surface area contributed by atoms with E-state index in [1.165, 1.54) is 0 Å². The first-order valence-corrected chi connectivity index (χ1v) is 7.67. The van der Waals surface area contributed by atoms with Gasteiger partial charge < -0.3 is 20.5 Å². The second kappa shape index (κ2) is 6.05. The number of hydrogen-bond acceptors (Lipinski definition) is 5. The predicted molar refractivity (Wildman–Crippen MR) is 83.1 cm³/mol. The van der Waals surface area contributed by atoms with Crippen molar-refractivity contribution in [1.29, 1.82) is 0 Å². The molecule has 5 nitrogen and oxygen atoms in total. The summed E-state index contributed by atoms with van der Waals surface area (Å²) in [6, 6.07) is 5.35. The molecule has 0 aliphatic carbocycles. The van der Waals surface area contributed by atoms with Crippen LogP contribution in [0, 0.1) is 0 Å². The van der Waals surface area contributed by atoms with Crippen LogP contribution in [0.3, 0.4) is 0 Å². The highest BCUT2D eigenvalue weighted by Crippen LogP contribution is 2.36. The molecule has 6 heteroatoms. The van der Waals surface area contributed by atoms with Crippen LogP contribution in [-0.2, 0) is 11.2 Å². The molecule has 0 spiro atoms. The van der Waals surface area contributed by atoms with Crippen LogP contribution in [-0.4, -0.2) is 19.1 Å². The maximum absolute atomic E-state index is 12.0. The zero-order chi connectivity index (χ0) is 14.7. The highest BCUT2D eigenvalue weighted by Gasteiger charge is 2.15. The van der Waals surface area contributed by atoms with E-state index in [-0.39, 0.29) is 5.91 Å². The fourth-order valence-corrected chi connectivity index (χ4v) is 2.77. The molecule has 0 saturated heterocycles. The van der Waals surface area contributed by atoms with Gasteiger partial charge in [0.25, 0.3) is 0 Å². The van der Waals surface area contributed by atoms with Crippen LogP contribution in [0.15, 0.2) is 29.0 Å². The van der Waals surface area contributed by atoms with E-state index in [9.17, 15) is 4.79 Å². The molecular weight excluding hydrogens is 288 g/mol. The Morgan fingerprint density at radius 2 is 2.05 bits per heavy atom. The van der Waals surface area contributed by atoms with Gasteiger partial charge >= 0.3 is 0 Å². The standard InChI is InChI=1S/C15H16N2O3S/c16-11-7-13-14(20-4-1-3-19-13)8-12(11)17-15(18)6-10-2-5-21-9-10/h2,5,7-9H,1,3-4,6,16H2,(H,17,18). The minimum absolute atomic E-state index is 0.102. The number of benzene rings is 1. The van der Waals surface area contributed by atoms with Crippen molar-refractivity contribution < 1.29 is 14.3 Å². The van der Waals surface area contributed by atoms with Gasteiger partial charge in [0, 0.05) is 18.6 Å². The van der Waals surface area contributed by atoms with E-state index in [2.05, 4.69) is 5.32 Å². The summed E-state index contributed by atoms with van der Waals surface area (Å²) in [6.45, 7) is 1.20. The second-order valence-corrected chi connectivity index (χ2v) is 5.57. The van der Waals surface area contributed by atoms with E-state index < -0.39 is 0 Å². The molecule has 110 valence electrons. The summed E-state index contributed by atoms with van der Waals surface area (Å²) < 4.78 is 11.2. The topological polar surface area (TPSA) is 73.6 Å². The zero-order valence-corrected chi connectivity index (χ0v) is 12.2. The number of carbonyl (C=O) groups is 1. The molecule has 0 unspecified atom stereocenters. The number of thiophene rings is 1. The van der Waals surface area contributed by atoms with E-state index in [1.54, 1.807) is 23.5 Å². The Kier molecular flexibility index (Phi) is 3.96. The van der Waals surface area contributed by atoms with Gasteiger partial charge in [0.05, 0.1) is 31.0 Å². The first-order chi connectivity index (χ1) is 10.2. The number of ether oxygens (including phenoxy) is 2. The van der Waals surface area contributed by atoms with Gasteiger partial charge in [0.15, 0.2) is 11.5 Å². The van der Waals surface area contributed by atoms with Crippen LogP contribution < -0.4 is 20.5 Å². The molecule has 1 amide bonds. The number of amides is 1. The summed E-state index contributed by atoms with van der Waals surface area (Å²) in [5.74, 6) is 1.14. The molecule has 1 aromatic carbocycles. The Morgan fingerprint density at radius 3 is 2.76 bits per heavy atom. The lowest BCUT2D eigenvalue weighted by Gasteiger charge is -2.13. The highest BCUT2D eigenvalue weighted by molar-refractivity contribution is 7.08. The van der Waals surface area contributed by atoms with Crippen LogP contribution in [0.25, 0.3) is 0 Å².